The number of halogens is 1. The second kappa shape index (κ2) is 20.9. The third kappa shape index (κ3) is 9.12. The van der Waals surface area contributed by atoms with Crippen molar-refractivity contribution in [3.8, 4) is 0 Å². The summed E-state index contributed by atoms with van der Waals surface area (Å²) in [5.74, 6) is 0. The van der Waals surface area contributed by atoms with Gasteiger partial charge in [-0.15, -0.1) is 0 Å². The maximum absolute atomic E-state index is 4.56. The van der Waals surface area contributed by atoms with Gasteiger partial charge >= 0.3 is 59.6 Å². The molecule has 0 aromatic heterocycles. The summed E-state index contributed by atoms with van der Waals surface area (Å²) in [4.78, 5) is 0. The van der Waals surface area contributed by atoms with Crippen LogP contribution in [-0.2, 0) is 16.8 Å². The van der Waals surface area contributed by atoms with Gasteiger partial charge < -0.3 is 0 Å². The van der Waals surface area contributed by atoms with Crippen molar-refractivity contribution in [3.05, 3.63) is 0 Å². The zero-order chi connectivity index (χ0) is 2.00. The summed E-state index contributed by atoms with van der Waals surface area (Å²) in [6.07, 6.45) is 0. The molecule has 0 nitrogen and oxygen atoms in total. The van der Waals surface area contributed by atoms with Gasteiger partial charge in [-0.3, -0.25) is 0 Å². The first-order valence-corrected chi connectivity index (χ1v) is 1.96. The average Bonchev–Trinajstić information content (AvgIpc) is 1.00. The second-order valence-electron chi connectivity index (χ2n) is 0. The summed E-state index contributed by atoms with van der Waals surface area (Å²) in [6.45, 7) is 0. The third-order valence-electron chi connectivity index (χ3n) is 0. The molecule has 0 fully saturated rings. The Morgan fingerprint density at radius 1 is 1.25 bits per heavy atom. The van der Waals surface area contributed by atoms with Crippen LogP contribution in [0.1, 0.15) is 0 Å². The topological polar surface area (TPSA) is 0 Å². The number of rotatable bonds is 0. The summed E-state index contributed by atoms with van der Waals surface area (Å²) >= 11 is 1.89. The van der Waals surface area contributed by atoms with Crippen LogP contribution in [0.3, 0.4) is 0 Å². The summed E-state index contributed by atoms with van der Waals surface area (Å²) in [5.41, 5.74) is 0. The van der Waals surface area contributed by atoms with Gasteiger partial charge in [0.2, 0.25) is 0 Å². The fourth-order valence-corrected chi connectivity index (χ4v) is 0. The maximum atomic E-state index is 4.56. The van der Waals surface area contributed by atoms with Gasteiger partial charge in [0.15, 0.2) is 0 Å². The molecule has 15 valence electrons. The Bertz CT molecular complexity index is 6.00. The SMILES string of the molecule is [Al+2][Cl].[Al+3].[Co+2]. The minimum atomic E-state index is 0. The number of hydrogen-bond acceptors (Lipinski definition) is 0. The van der Waals surface area contributed by atoms with Gasteiger partial charge in [-0.05, 0) is 0 Å². The molecule has 0 aliphatic heterocycles. The monoisotopic (exact) mass is 148 g/mol. The molecule has 1 radical (unpaired) electrons. The Hall–Kier alpha value is 1.86. The standard InChI is InChI=1S/2Al.ClH.Co/h;;1H;/q2*+3;;+2/p-1. The van der Waals surface area contributed by atoms with E-state index in [2.05, 4.69) is 10.0 Å². The van der Waals surface area contributed by atoms with Crippen molar-refractivity contribution in [1.82, 2.24) is 0 Å². The fourth-order valence-electron chi connectivity index (χ4n) is 0. The molecule has 0 atom stereocenters. The summed E-state index contributed by atoms with van der Waals surface area (Å²) in [7, 11) is 4.56. The molecular weight excluding hydrogens is 148 g/mol. The summed E-state index contributed by atoms with van der Waals surface area (Å²) in [6, 6.07) is 0. The fraction of sp³-hybridized carbons (Fsp3) is 0. The van der Waals surface area contributed by atoms with E-state index in [1.54, 1.807) is 0 Å². The predicted molar refractivity (Wildman–Crippen MR) is 17.4 cm³/mol. The van der Waals surface area contributed by atoms with Crippen LogP contribution in [0.2, 0.25) is 0 Å². The van der Waals surface area contributed by atoms with Gasteiger partial charge in [-0.25, -0.2) is 0 Å². The molecule has 4 heavy (non-hydrogen) atoms. The van der Waals surface area contributed by atoms with Gasteiger partial charge in [-0.1, -0.05) is 0 Å². The molecule has 0 spiro atoms. The van der Waals surface area contributed by atoms with Gasteiger partial charge in [0.25, 0.3) is 0 Å². The first-order chi connectivity index (χ1) is 1.00. The van der Waals surface area contributed by atoms with E-state index in [0.717, 1.165) is 0 Å². The minimum Gasteiger partial charge on any atom is 2.00 e. The molecule has 0 aliphatic rings. The Balaban J connectivity index is -0.00000000500. The molecule has 0 aliphatic carbocycles. The van der Waals surface area contributed by atoms with E-state index < -0.39 is 0 Å². The molecule has 0 aromatic carbocycles. The summed E-state index contributed by atoms with van der Waals surface area (Å²) < 4.78 is 0. The van der Waals surface area contributed by atoms with E-state index in [1.807, 2.05) is 15.4 Å². The van der Waals surface area contributed by atoms with Crippen LogP contribution in [0.5, 0.6) is 0 Å². The van der Waals surface area contributed by atoms with Crippen molar-refractivity contribution in [2.75, 3.05) is 0 Å². The van der Waals surface area contributed by atoms with Crippen LogP contribution in [0.25, 0.3) is 0 Å². The van der Waals surface area contributed by atoms with E-state index in [9.17, 15) is 0 Å². The van der Waals surface area contributed by atoms with Crippen molar-refractivity contribution in [2.45, 2.75) is 0 Å². The Labute approximate surface area is 59.2 Å². The molecule has 0 rings (SSSR count). The third-order valence-corrected chi connectivity index (χ3v) is 0. The van der Waals surface area contributed by atoms with E-state index >= 15 is 0 Å². The first kappa shape index (κ1) is 16.9. The van der Waals surface area contributed by atoms with Crippen molar-refractivity contribution >= 4 is 42.8 Å². The molecule has 4 heteroatoms. The minimum absolute atomic E-state index is 0. The molecule has 0 amide bonds. The van der Waals surface area contributed by atoms with E-state index in [-0.39, 0.29) is 34.1 Å². The van der Waals surface area contributed by atoms with Gasteiger partial charge in [0.05, 0.1) is 0 Å². The first-order valence-electron chi connectivity index (χ1n) is 0.218. The van der Waals surface area contributed by atoms with Crippen LogP contribution in [0.15, 0.2) is 0 Å². The molecule has 0 bridgehead atoms. The largest absolute Gasteiger partial charge is 3.00 e. The van der Waals surface area contributed by atoms with Crippen LogP contribution in [0, 0.1) is 0 Å². The maximum Gasteiger partial charge on any atom is 3.00 e. The molecule has 0 saturated carbocycles. The number of hydrogen-bond donors (Lipinski definition) is 0. The van der Waals surface area contributed by atoms with E-state index in [1.165, 1.54) is 0 Å². The molecule has 0 unspecified atom stereocenters. The quantitative estimate of drug-likeness (QED) is 0.422. The molecular formula is Al2ClCo+7. The molecule has 0 aromatic rings. The predicted octanol–water partition coefficient (Wildman–Crippen LogP) is -0.0746. The van der Waals surface area contributed by atoms with Crippen molar-refractivity contribution < 1.29 is 16.8 Å². The van der Waals surface area contributed by atoms with Gasteiger partial charge in [0, 0.05) is 0 Å². The molecule has 0 heterocycles. The average molecular weight is 148 g/mol. The normalized spacial score (nSPS) is 1.75. The van der Waals surface area contributed by atoms with E-state index in [0.29, 0.717) is 0 Å². The van der Waals surface area contributed by atoms with Crippen LogP contribution in [-0.4, -0.2) is 32.7 Å². The zero-order valence-electron chi connectivity index (χ0n) is 1.87. The van der Waals surface area contributed by atoms with Gasteiger partial charge in [0.1, 0.15) is 0 Å². The van der Waals surface area contributed by atoms with Crippen LogP contribution >= 0.6 is 10.0 Å². The zero-order valence-corrected chi connectivity index (χ0v) is 5.97. The van der Waals surface area contributed by atoms with Crippen molar-refractivity contribution in [3.63, 3.8) is 0 Å². The Kier molecular flexibility index (Phi) is 88.5. The Morgan fingerprint density at radius 2 is 1.25 bits per heavy atom. The van der Waals surface area contributed by atoms with Crippen LogP contribution in [0.4, 0.5) is 0 Å². The van der Waals surface area contributed by atoms with E-state index in [4.69, 9.17) is 0 Å². The second-order valence-corrected chi connectivity index (χ2v) is 0. The van der Waals surface area contributed by atoms with Crippen molar-refractivity contribution in [1.29, 1.82) is 0 Å². The van der Waals surface area contributed by atoms with Gasteiger partial charge in [-0.2, -0.15) is 0 Å². The van der Waals surface area contributed by atoms with Crippen molar-refractivity contribution in [2.24, 2.45) is 0 Å². The smallest absolute Gasteiger partial charge is 2.00 e. The molecule has 0 N–H and O–H groups in total. The Morgan fingerprint density at radius 3 is 1.25 bits per heavy atom. The molecule has 0 saturated heterocycles. The summed E-state index contributed by atoms with van der Waals surface area (Å²) in [5, 5.41) is 0. The van der Waals surface area contributed by atoms with Crippen LogP contribution < -0.4 is 0 Å².